The SMILES string of the molecule is CCCOC1=C(N2CCOCC2)C=CC(C)C1. The van der Waals surface area contributed by atoms with Gasteiger partial charge in [-0.05, 0) is 18.4 Å². The Hall–Kier alpha value is -0.960. The van der Waals surface area contributed by atoms with E-state index in [2.05, 4.69) is 30.9 Å². The van der Waals surface area contributed by atoms with Crippen LogP contribution in [-0.2, 0) is 9.47 Å². The average molecular weight is 237 g/mol. The molecule has 0 amide bonds. The number of hydrogen-bond donors (Lipinski definition) is 0. The monoisotopic (exact) mass is 237 g/mol. The topological polar surface area (TPSA) is 21.7 Å². The lowest BCUT2D eigenvalue weighted by atomic mass is 9.99. The Kier molecular flexibility index (Phi) is 4.49. The summed E-state index contributed by atoms with van der Waals surface area (Å²) < 4.78 is 11.3. The summed E-state index contributed by atoms with van der Waals surface area (Å²) in [5.41, 5.74) is 1.28. The van der Waals surface area contributed by atoms with Crippen LogP contribution in [0.1, 0.15) is 26.7 Å². The molecule has 96 valence electrons. The number of nitrogens with zero attached hydrogens (tertiary/aromatic N) is 1. The molecule has 2 aliphatic rings. The lowest BCUT2D eigenvalue weighted by Crippen LogP contribution is -2.36. The van der Waals surface area contributed by atoms with Gasteiger partial charge >= 0.3 is 0 Å². The van der Waals surface area contributed by atoms with E-state index < -0.39 is 0 Å². The lowest BCUT2D eigenvalue weighted by Gasteiger charge is -2.33. The highest BCUT2D eigenvalue weighted by Crippen LogP contribution is 2.27. The molecule has 1 unspecified atom stereocenters. The fourth-order valence-corrected chi connectivity index (χ4v) is 2.26. The third kappa shape index (κ3) is 3.25. The number of rotatable bonds is 4. The first-order valence-electron chi connectivity index (χ1n) is 6.68. The van der Waals surface area contributed by atoms with Crippen LogP contribution in [-0.4, -0.2) is 37.8 Å². The zero-order valence-electron chi connectivity index (χ0n) is 10.9. The van der Waals surface area contributed by atoms with E-state index >= 15 is 0 Å². The molecule has 0 aromatic rings. The van der Waals surface area contributed by atoms with Gasteiger partial charge in [0.2, 0.25) is 0 Å². The van der Waals surface area contributed by atoms with Crippen molar-refractivity contribution >= 4 is 0 Å². The van der Waals surface area contributed by atoms with Crippen LogP contribution in [0.2, 0.25) is 0 Å². The zero-order valence-corrected chi connectivity index (χ0v) is 10.9. The first-order chi connectivity index (χ1) is 8.31. The van der Waals surface area contributed by atoms with Crippen molar-refractivity contribution in [2.24, 2.45) is 5.92 Å². The highest BCUT2D eigenvalue weighted by molar-refractivity contribution is 5.27. The maximum atomic E-state index is 5.91. The van der Waals surface area contributed by atoms with Crippen molar-refractivity contribution in [2.45, 2.75) is 26.7 Å². The minimum atomic E-state index is 0.589. The molecule has 3 nitrogen and oxygen atoms in total. The van der Waals surface area contributed by atoms with Crippen LogP contribution in [0.25, 0.3) is 0 Å². The minimum Gasteiger partial charge on any atom is -0.496 e. The largest absolute Gasteiger partial charge is 0.496 e. The van der Waals surface area contributed by atoms with Gasteiger partial charge in [-0.15, -0.1) is 0 Å². The van der Waals surface area contributed by atoms with Gasteiger partial charge < -0.3 is 14.4 Å². The second-order valence-electron chi connectivity index (χ2n) is 4.80. The normalized spacial score (nSPS) is 25.3. The van der Waals surface area contributed by atoms with E-state index in [0.29, 0.717) is 5.92 Å². The Morgan fingerprint density at radius 1 is 1.41 bits per heavy atom. The summed E-state index contributed by atoms with van der Waals surface area (Å²) in [6.45, 7) is 8.82. The molecule has 0 bridgehead atoms. The van der Waals surface area contributed by atoms with E-state index in [1.165, 1.54) is 11.5 Å². The Morgan fingerprint density at radius 3 is 2.88 bits per heavy atom. The molecule has 1 saturated heterocycles. The van der Waals surface area contributed by atoms with Crippen molar-refractivity contribution in [2.75, 3.05) is 32.9 Å². The molecule has 3 heteroatoms. The summed E-state index contributed by atoms with van der Waals surface area (Å²) in [5, 5.41) is 0. The van der Waals surface area contributed by atoms with Gasteiger partial charge in [-0.2, -0.15) is 0 Å². The van der Waals surface area contributed by atoms with Gasteiger partial charge in [0.05, 0.1) is 25.5 Å². The van der Waals surface area contributed by atoms with Gasteiger partial charge in [-0.25, -0.2) is 0 Å². The maximum absolute atomic E-state index is 5.91. The van der Waals surface area contributed by atoms with E-state index in [1.54, 1.807) is 0 Å². The van der Waals surface area contributed by atoms with Gasteiger partial charge in [0, 0.05) is 19.5 Å². The molecule has 0 spiro atoms. The molecular formula is C14H23NO2. The molecule has 1 atom stereocenters. The molecule has 0 aromatic heterocycles. The molecule has 1 fully saturated rings. The van der Waals surface area contributed by atoms with E-state index in [4.69, 9.17) is 9.47 Å². The quantitative estimate of drug-likeness (QED) is 0.750. The lowest BCUT2D eigenvalue weighted by molar-refractivity contribution is 0.0507. The summed E-state index contributed by atoms with van der Waals surface area (Å²) >= 11 is 0. The predicted molar refractivity (Wildman–Crippen MR) is 68.6 cm³/mol. The van der Waals surface area contributed by atoms with Crippen molar-refractivity contribution in [1.82, 2.24) is 4.90 Å². The van der Waals surface area contributed by atoms with Crippen molar-refractivity contribution < 1.29 is 9.47 Å². The van der Waals surface area contributed by atoms with Crippen LogP contribution in [0.3, 0.4) is 0 Å². The molecule has 0 N–H and O–H groups in total. The van der Waals surface area contributed by atoms with Crippen molar-refractivity contribution in [1.29, 1.82) is 0 Å². The van der Waals surface area contributed by atoms with Gasteiger partial charge in [-0.3, -0.25) is 0 Å². The summed E-state index contributed by atoms with van der Waals surface area (Å²) in [5.74, 6) is 1.76. The van der Waals surface area contributed by atoms with E-state index in [9.17, 15) is 0 Å². The second kappa shape index (κ2) is 6.10. The Balaban J connectivity index is 2.09. The van der Waals surface area contributed by atoms with Gasteiger partial charge in [-0.1, -0.05) is 19.9 Å². The van der Waals surface area contributed by atoms with Crippen LogP contribution in [0.15, 0.2) is 23.6 Å². The highest BCUT2D eigenvalue weighted by Gasteiger charge is 2.21. The number of morpholine rings is 1. The van der Waals surface area contributed by atoms with Gasteiger partial charge in [0.25, 0.3) is 0 Å². The molecule has 2 rings (SSSR count). The van der Waals surface area contributed by atoms with Gasteiger partial charge in [0.15, 0.2) is 0 Å². The van der Waals surface area contributed by atoms with Crippen LogP contribution >= 0.6 is 0 Å². The Morgan fingerprint density at radius 2 is 2.18 bits per heavy atom. The van der Waals surface area contributed by atoms with Crippen LogP contribution in [0.5, 0.6) is 0 Å². The molecular weight excluding hydrogens is 214 g/mol. The van der Waals surface area contributed by atoms with Crippen LogP contribution in [0.4, 0.5) is 0 Å². The average Bonchev–Trinajstić information content (AvgIpc) is 2.37. The van der Waals surface area contributed by atoms with E-state index in [-0.39, 0.29) is 0 Å². The molecule has 0 saturated carbocycles. The second-order valence-corrected chi connectivity index (χ2v) is 4.80. The molecule has 17 heavy (non-hydrogen) atoms. The molecule has 0 aromatic carbocycles. The fraction of sp³-hybridized carbons (Fsp3) is 0.714. The van der Waals surface area contributed by atoms with Crippen LogP contribution < -0.4 is 0 Å². The third-order valence-electron chi connectivity index (χ3n) is 3.21. The van der Waals surface area contributed by atoms with Crippen molar-refractivity contribution in [3.63, 3.8) is 0 Å². The smallest absolute Gasteiger partial charge is 0.120 e. The van der Waals surface area contributed by atoms with Crippen LogP contribution in [0, 0.1) is 5.92 Å². The summed E-state index contributed by atoms with van der Waals surface area (Å²) in [6, 6.07) is 0. The number of ether oxygens (including phenoxy) is 2. The first kappa shape index (κ1) is 12.5. The summed E-state index contributed by atoms with van der Waals surface area (Å²) in [7, 11) is 0. The molecule has 0 radical (unpaired) electrons. The number of hydrogen-bond acceptors (Lipinski definition) is 3. The van der Waals surface area contributed by atoms with Crippen molar-refractivity contribution in [3.05, 3.63) is 23.6 Å². The maximum Gasteiger partial charge on any atom is 0.120 e. The van der Waals surface area contributed by atoms with Gasteiger partial charge in [0.1, 0.15) is 5.76 Å². The zero-order chi connectivity index (χ0) is 12.1. The minimum absolute atomic E-state index is 0.589. The predicted octanol–water partition coefficient (Wildman–Crippen LogP) is 2.55. The van der Waals surface area contributed by atoms with E-state index in [0.717, 1.165) is 45.8 Å². The van der Waals surface area contributed by atoms with Crippen molar-refractivity contribution in [3.8, 4) is 0 Å². The third-order valence-corrected chi connectivity index (χ3v) is 3.21. The fourth-order valence-electron chi connectivity index (χ4n) is 2.26. The Labute approximate surface area is 104 Å². The first-order valence-corrected chi connectivity index (χ1v) is 6.68. The van der Waals surface area contributed by atoms with E-state index in [1.807, 2.05) is 0 Å². The Bertz CT molecular complexity index is 303. The summed E-state index contributed by atoms with van der Waals surface area (Å²) in [4.78, 5) is 2.39. The molecule has 1 aliphatic heterocycles. The standard InChI is InChI=1S/C14H23NO2/c1-3-8-17-14-11-12(2)4-5-13(14)15-6-9-16-10-7-15/h4-5,12H,3,6-11H2,1-2H3. The molecule has 1 heterocycles. The number of allylic oxidation sites excluding steroid dienone is 3. The highest BCUT2D eigenvalue weighted by atomic mass is 16.5. The summed E-state index contributed by atoms with van der Waals surface area (Å²) in [6.07, 6.45) is 6.61. The molecule has 1 aliphatic carbocycles.